The minimum absolute atomic E-state index is 0.0529. The Bertz CT molecular complexity index is 1370. The number of aryl methyl sites for hydroxylation is 1. The zero-order chi connectivity index (χ0) is 22.1. The Kier molecular flexibility index (Phi) is 5.00. The molecule has 0 spiro atoms. The number of carbonyl (C=O) groups excluding carboxylic acids is 1. The topological polar surface area (TPSA) is 106 Å². The van der Waals surface area contributed by atoms with Crippen LogP contribution in [-0.4, -0.2) is 25.6 Å². The molecule has 0 atom stereocenters. The summed E-state index contributed by atoms with van der Waals surface area (Å²) >= 11 is 0. The van der Waals surface area contributed by atoms with E-state index >= 15 is 0 Å². The number of rotatable bonds is 5. The molecule has 1 aliphatic rings. The SMILES string of the molecule is CCn1cnc2cc(-c3cc(C4CC4)cc(NC(=O)Oc4cc(C#N)ccn4)n3)ccc21. The number of anilines is 1. The first kappa shape index (κ1) is 19.7. The zero-order valence-corrected chi connectivity index (χ0v) is 17.4. The highest BCUT2D eigenvalue weighted by atomic mass is 16.6. The first-order chi connectivity index (χ1) is 15.6. The molecule has 4 aromatic rings. The number of pyridine rings is 2. The van der Waals surface area contributed by atoms with Crippen LogP contribution in [0.25, 0.3) is 22.3 Å². The second kappa shape index (κ2) is 8.12. The molecule has 1 aromatic carbocycles. The summed E-state index contributed by atoms with van der Waals surface area (Å²) < 4.78 is 7.32. The molecule has 158 valence electrons. The van der Waals surface area contributed by atoms with E-state index < -0.39 is 6.09 Å². The van der Waals surface area contributed by atoms with Crippen LogP contribution in [0.4, 0.5) is 10.6 Å². The van der Waals surface area contributed by atoms with Crippen molar-refractivity contribution in [3.63, 3.8) is 0 Å². The van der Waals surface area contributed by atoms with Crippen molar-refractivity contribution in [2.45, 2.75) is 32.2 Å². The highest BCUT2D eigenvalue weighted by molar-refractivity contribution is 5.86. The van der Waals surface area contributed by atoms with Crippen LogP contribution >= 0.6 is 0 Å². The minimum atomic E-state index is -0.712. The molecule has 3 aromatic heterocycles. The van der Waals surface area contributed by atoms with Gasteiger partial charge in [-0.15, -0.1) is 0 Å². The lowest BCUT2D eigenvalue weighted by molar-refractivity contribution is 0.213. The van der Waals surface area contributed by atoms with Crippen LogP contribution in [0.3, 0.4) is 0 Å². The number of imidazole rings is 1. The maximum atomic E-state index is 12.4. The van der Waals surface area contributed by atoms with Gasteiger partial charge < -0.3 is 9.30 Å². The number of aromatic nitrogens is 4. The lowest BCUT2D eigenvalue weighted by Crippen LogP contribution is -2.18. The minimum Gasteiger partial charge on any atom is -0.391 e. The van der Waals surface area contributed by atoms with Gasteiger partial charge >= 0.3 is 6.09 Å². The molecule has 1 saturated carbocycles. The predicted octanol–water partition coefficient (Wildman–Crippen LogP) is 4.87. The molecule has 8 heteroatoms. The predicted molar refractivity (Wildman–Crippen MR) is 119 cm³/mol. The number of ether oxygens (including phenoxy) is 1. The Morgan fingerprint density at radius 2 is 2.09 bits per heavy atom. The molecule has 1 aliphatic carbocycles. The fraction of sp³-hybridized carbons (Fsp3) is 0.208. The average Bonchev–Trinajstić information content (AvgIpc) is 3.58. The number of hydrogen-bond donors (Lipinski definition) is 1. The number of carbonyl (C=O) groups is 1. The number of nitrogens with zero attached hydrogens (tertiary/aromatic N) is 5. The summed E-state index contributed by atoms with van der Waals surface area (Å²) in [5.41, 5.74) is 5.17. The highest BCUT2D eigenvalue weighted by Gasteiger charge is 2.25. The molecule has 5 rings (SSSR count). The van der Waals surface area contributed by atoms with Crippen molar-refractivity contribution >= 4 is 22.9 Å². The largest absolute Gasteiger partial charge is 0.419 e. The highest BCUT2D eigenvalue weighted by Crippen LogP contribution is 2.42. The van der Waals surface area contributed by atoms with Gasteiger partial charge in [0, 0.05) is 24.4 Å². The van der Waals surface area contributed by atoms with E-state index in [-0.39, 0.29) is 5.88 Å². The average molecular weight is 424 g/mol. The van der Waals surface area contributed by atoms with Crippen molar-refractivity contribution < 1.29 is 9.53 Å². The normalized spacial score (nSPS) is 13.0. The standard InChI is InChI=1S/C24H20N6O2/c1-2-30-14-27-20-10-17(5-6-21(20)30)19-11-18(16-3-4-16)12-22(28-19)29-24(31)32-23-9-15(13-25)7-8-26-23/h5-12,14,16H,2-4H2,1H3,(H,28,29,31). The summed E-state index contributed by atoms with van der Waals surface area (Å²) in [6.07, 6.45) is 4.79. The summed E-state index contributed by atoms with van der Waals surface area (Å²) in [4.78, 5) is 25.5. The van der Waals surface area contributed by atoms with Gasteiger partial charge in [-0.3, -0.25) is 5.32 Å². The van der Waals surface area contributed by atoms with Crippen molar-refractivity contribution in [1.82, 2.24) is 19.5 Å². The fourth-order valence-corrected chi connectivity index (χ4v) is 3.65. The van der Waals surface area contributed by atoms with Gasteiger partial charge in [0.2, 0.25) is 5.88 Å². The van der Waals surface area contributed by atoms with Gasteiger partial charge in [-0.25, -0.2) is 19.7 Å². The maximum absolute atomic E-state index is 12.4. The molecule has 0 radical (unpaired) electrons. The van der Waals surface area contributed by atoms with Crippen molar-refractivity contribution in [1.29, 1.82) is 5.26 Å². The van der Waals surface area contributed by atoms with Gasteiger partial charge in [0.1, 0.15) is 5.82 Å². The third-order valence-corrected chi connectivity index (χ3v) is 5.45. The van der Waals surface area contributed by atoms with E-state index in [2.05, 4.69) is 37.8 Å². The summed E-state index contributed by atoms with van der Waals surface area (Å²) in [6.45, 7) is 2.94. The van der Waals surface area contributed by atoms with Gasteiger partial charge in [-0.2, -0.15) is 5.26 Å². The van der Waals surface area contributed by atoms with Crippen molar-refractivity contribution in [3.05, 3.63) is 66.1 Å². The Labute approximate surface area is 184 Å². The summed E-state index contributed by atoms with van der Waals surface area (Å²) in [7, 11) is 0. The maximum Gasteiger partial charge on any atom is 0.419 e. The number of amides is 1. The molecule has 8 nitrogen and oxygen atoms in total. The van der Waals surface area contributed by atoms with Gasteiger partial charge in [0.15, 0.2) is 0 Å². The van der Waals surface area contributed by atoms with E-state index in [1.807, 2.05) is 36.7 Å². The van der Waals surface area contributed by atoms with Gasteiger partial charge in [0.05, 0.1) is 34.7 Å². The van der Waals surface area contributed by atoms with Crippen LogP contribution in [-0.2, 0) is 6.54 Å². The molecule has 1 amide bonds. The second-order valence-electron chi connectivity index (χ2n) is 7.69. The number of nitriles is 1. The van der Waals surface area contributed by atoms with Crippen LogP contribution in [0, 0.1) is 11.3 Å². The Balaban J connectivity index is 1.43. The summed E-state index contributed by atoms with van der Waals surface area (Å²) in [6, 6.07) is 15.0. The Morgan fingerprint density at radius 3 is 2.88 bits per heavy atom. The molecule has 0 aliphatic heterocycles. The fourth-order valence-electron chi connectivity index (χ4n) is 3.65. The molecule has 3 heterocycles. The lowest BCUT2D eigenvalue weighted by atomic mass is 10.1. The van der Waals surface area contributed by atoms with E-state index in [0.29, 0.717) is 17.3 Å². The Hall–Kier alpha value is -4.25. The zero-order valence-electron chi connectivity index (χ0n) is 17.4. The number of fused-ring (bicyclic) bond motifs is 1. The van der Waals surface area contributed by atoms with Crippen LogP contribution in [0.2, 0.25) is 0 Å². The molecular formula is C24H20N6O2. The third kappa shape index (κ3) is 4.01. The van der Waals surface area contributed by atoms with Crippen LogP contribution in [0.1, 0.15) is 36.8 Å². The van der Waals surface area contributed by atoms with E-state index in [4.69, 9.17) is 10.00 Å². The molecule has 0 saturated heterocycles. The summed E-state index contributed by atoms with van der Waals surface area (Å²) in [5, 5.41) is 11.7. The van der Waals surface area contributed by atoms with Gasteiger partial charge in [-0.05, 0) is 61.6 Å². The van der Waals surface area contributed by atoms with Crippen molar-refractivity contribution in [2.24, 2.45) is 0 Å². The smallest absolute Gasteiger partial charge is 0.391 e. The molecule has 0 bridgehead atoms. The molecule has 0 unspecified atom stereocenters. The molecular weight excluding hydrogens is 404 g/mol. The summed E-state index contributed by atoms with van der Waals surface area (Å²) in [5.74, 6) is 0.937. The Morgan fingerprint density at radius 1 is 1.22 bits per heavy atom. The number of hydrogen-bond acceptors (Lipinski definition) is 6. The first-order valence-electron chi connectivity index (χ1n) is 10.4. The van der Waals surface area contributed by atoms with Crippen LogP contribution in [0.5, 0.6) is 5.88 Å². The first-order valence-corrected chi connectivity index (χ1v) is 10.4. The quantitative estimate of drug-likeness (QED) is 0.490. The van der Waals surface area contributed by atoms with E-state index in [9.17, 15) is 4.79 Å². The van der Waals surface area contributed by atoms with E-state index in [0.717, 1.165) is 47.2 Å². The van der Waals surface area contributed by atoms with E-state index in [1.54, 1.807) is 0 Å². The lowest BCUT2D eigenvalue weighted by Gasteiger charge is -2.10. The third-order valence-electron chi connectivity index (χ3n) is 5.45. The van der Waals surface area contributed by atoms with Gasteiger partial charge in [0.25, 0.3) is 0 Å². The van der Waals surface area contributed by atoms with Crippen LogP contribution in [0.15, 0.2) is 55.0 Å². The second-order valence-corrected chi connectivity index (χ2v) is 7.69. The van der Waals surface area contributed by atoms with E-state index in [1.165, 1.54) is 18.3 Å². The van der Waals surface area contributed by atoms with Crippen molar-refractivity contribution in [2.75, 3.05) is 5.32 Å². The molecule has 32 heavy (non-hydrogen) atoms. The number of nitrogens with one attached hydrogen (secondary N) is 1. The molecule has 1 N–H and O–H groups in total. The van der Waals surface area contributed by atoms with Crippen molar-refractivity contribution in [3.8, 4) is 23.2 Å². The number of benzene rings is 1. The molecule has 1 fully saturated rings. The van der Waals surface area contributed by atoms with Gasteiger partial charge in [-0.1, -0.05) is 6.07 Å². The van der Waals surface area contributed by atoms with Crippen LogP contribution < -0.4 is 10.1 Å². The monoisotopic (exact) mass is 424 g/mol.